The van der Waals surface area contributed by atoms with E-state index in [0.717, 1.165) is 38.9 Å². The molecule has 0 aromatic carbocycles. The fourth-order valence-corrected chi connectivity index (χ4v) is 4.23. The lowest BCUT2D eigenvalue weighted by molar-refractivity contribution is -0.148. The van der Waals surface area contributed by atoms with Crippen LogP contribution in [0.25, 0.3) is 0 Å². The van der Waals surface area contributed by atoms with Gasteiger partial charge >= 0.3 is 5.97 Å². The summed E-state index contributed by atoms with van der Waals surface area (Å²) in [4.78, 5) is 16.5. The van der Waals surface area contributed by atoms with E-state index in [9.17, 15) is 9.90 Å². The Labute approximate surface area is 129 Å². The second kappa shape index (κ2) is 6.25. The number of carboxylic acid groups (broad SMARTS) is 1. The van der Waals surface area contributed by atoms with E-state index in [0.29, 0.717) is 12.0 Å². The first-order valence-corrected chi connectivity index (χ1v) is 8.37. The minimum Gasteiger partial charge on any atom is -0.481 e. The highest BCUT2D eigenvalue weighted by Crippen LogP contribution is 2.42. The Bertz CT molecular complexity index is 377. The Morgan fingerprint density at radius 3 is 2.38 bits per heavy atom. The van der Waals surface area contributed by atoms with Gasteiger partial charge in [0.1, 0.15) is 0 Å². The Morgan fingerprint density at radius 2 is 1.86 bits per heavy atom. The van der Waals surface area contributed by atoms with Gasteiger partial charge in [-0.2, -0.15) is 0 Å². The molecule has 0 aromatic heterocycles. The predicted molar refractivity (Wildman–Crippen MR) is 85.4 cm³/mol. The quantitative estimate of drug-likeness (QED) is 0.850. The minimum atomic E-state index is -0.599. The number of hydrogen-bond acceptors (Lipinski definition) is 3. The number of carboxylic acids is 1. The average molecular weight is 296 g/mol. The van der Waals surface area contributed by atoms with E-state index in [1.165, 1.54) is 0 Å². The molecule has 0 amide bonds. The minimum absolute atomic E-state index is 0.186. The van der Waals surface area contributed by atoms with Crippen molar-refractivity contribution in [2.45, 2.75) is 59.0 Å². The van der Waals surface area contributed by atoms with Crippen LogP contribution in [0.15, 0.2) is 0 Å². The summed E-state index contributed by atoms with van der Waals surface area (Å²) in [5.74, 6) is -0.155. The molecule has 1 saturated heterocycles. The zero-order valence-electron chi connectivity index (χ0n) is 14.3. The number of rotatable bonds is 2. The number of carbonyl (C=O) groups is 1. The molecule has 0 radical (unpaired) electrons. The Balaban J connectivity index is 2.16. The van der Waals surface area contributed by atoms with Gasteiger partial charge in [0, 0.05) is 31.7 Å². The summed E-state index contributed by atoms with van der Waals surface area (Å²) in [7, 11) is 2.15. The molecule has 0 aromatic rings. The van der Waals surface area contributed by atoms with Crippen LogP contribution in [0.4, 0.5) is 0 Å². The van der Waals surface area contributed by atoms with Crippen molar-refractivity contribution in [3.63, 3.8) is 0 Å². The molecule has 1 N–H and O–H groups in total. The molecule has 1 heterocycles. The number of likely N-dealkylation sites (N-methyl/N-ethyl adjacent to an activating group) is 1. The normalized spacial score (nSPS) is 36.6. The third-order valence-electron chi connectivity index (χ3n) is 5.67. The van der Waals surface area contributed by atoms with Crippen LogP contribution in [0, 0.1) is 17.3 Å². The summed E-state index contributed by atoms with van der Waals surface area (Å²) in [5, 5.41) is 9.63. The maximum atomic E-state index is 11.7. The molecule has 1 aliphatic carbocycles. The van der Waals surface area contributed by atoms with E-state index in [2.05, 4.69) is 44.5 Å². The van der Waals surface area contributed by atoms with Crippen LogP contribution in [0.5, 0.6) is 0 Å². The maximum Gasteiger partial charge on any atom is 0.308 e. The van der Waals surface area contributed by atoms with Gasteiger partial charge in [0.2, 0.25) is 0 Å². The largest absolute Gasteiger partial charge is 0.481 e. The SMILES string of the molecule is CC1CN(C)CCN1C1CC(C(C)(C)C)CCC1C(=O)O. The summed E-state index contributed by atoms with van der Waals surface area (Å²) in [5.41, 5.74) is 0.275. The lowest BCUT2D eigenvalue weighted by atomic mass is 9.67. The second-order valence-corrected chi connectivity index (χ2v) is 8.24. The topological polar surface area (TPSA) is 43.8 Å². The van der Waals surface area contributed by atoms with Crippen molar-refractivity contribution >= 4 is 5.97 Å². The lowest BCUT2D eigenvalue weighted by Gasteiger charge is -2.49. The van der Waals surface area contributed by atoms with Gasteiger partial charge in [0.05, 0.1) is 5.92 Å². The van der Waals surface area contributed by atoms with Crippen LogP contribution < -0.4 is 0 Å². The van der Waals surface area contributed by atoms with Crippen molar-refractivity contribution in [3.05, 3.63) is 0 Å². The molecule has 2 rings (SSSR count). The zero-order valence-corrected chi connectivity index (χ0v) is 14.3. The van der Waals surface area contributed by atoms with Gasteiger partial charge in [-0.25, -0.2) is 0 Å². The monoisotopic (exact) mass is 296 g/mol. The predicted octanol–water partition coefficient (Wildman–Crippen LogP) is 2.54. The number of aliphatic carboxylic acids is 1. The average Bonchev–Trinajstić information content (AvgIpc) is 2.37. The van der Waals surface area contributed by atoms with Crippen molar-refractivity contribution in [2.75, 3.05) is 26.7 Å². The van der Waals surface area contributed by atoms with E-state index in [-0.39, 0.29) is 17.4 Å². The van der Waals surface area contributed by atoms with Crippen LogP contribution in [0.1, 0.15) is 47.0 Å². The second-order valence-electron chi connectivity index (χ2n) is 8.24. The Hall–Kier alpha value is -0.610. The standard InChI is InChI=1S/C17H32N2O2/c1-12-11-18(5)8-9-19(12)15-10-13(17(2,3)4)6-7-14(15)16(20)21/h12-15H,6-11H2,1-5H3,(H,20,21). The Morgan fingerprint density at radius 1 is 1.19 bits per heavy atom. The number of hydrogen-bond donors (Lipinski definition) is 1. The summed E-state index contributed by atoms with van der Waals surface area (Å²) in [6.07, 6.45) is 2.93. The molecule has 4 nitrogen and oxygen atoms in total. The first-order chi connectivity index (χ1) is 9.70. The van der Waals surface area contributed by atoms with Crippen LogP contribution in [-0.2, 0) is 4.79 Å². The molecular weight excluding hydrogens is 264 g/mol. The molecule has 2 aliphatic rings. The third-order valence-corrected chi connectivity index (χ3v) is 5.67. The van der Waals surface area contributed by atoms with Gasteiger partial charge in [-0.05, 0) is 44.6 Å². The molecule has 21 heavy (non-hydrogen) atoms. The molecule has 4 heteroatoms. The van der Waals surface area contributed by atoms with Crippen molar-refractivity contribution in [1.82, 2.24) is 9.80 Å². The van der Waals surface area contributed by atoms with E-state index in [1.54, 1.807) is 0 Å². The van der Waals surface area contributed by atoms with E-state index >= 15 is 0 Å². The molecule has 1 aliphatic heterocycles. The molecule has 0 spiro atoms. The highest BCUT2D eigenvalue weighted by atomic mass is 16.4. The summed E-state index contributed by atoms with van der Waals surface area (Å²) in [6.45, 7) is 12.2. The van der Waals surface area contributed by atoms with Crippen LogP contribution >= 0.6 is 0 Å². The molecule has 0 bridgehead atoms. The smallest absolute Gasteiger partial charge is 0.308 e. The van der Waals surface area contributed by atoms with Gasteiger partial charge < -0.3 is 10.0 Å². The maximum absolute atomic E-state index is 11.7. The van der Waals surface area contributed by atoms with E-state index in [1.807, 2.05) is 0 Å². The first kappa shape index (κ1) is 16.8. The third kappa shape index (κ3) is 3.78. The summed E-state index contributed by atoms with van der Waals surface area (Å²) >= 11 is 0. The van der Waals surface area contributed by atoms with Gasteiger partial charge in [-0.3, -0.25) is 9.69 Å². The van der Waals surface area contributed by atoms with Crippen molar-refractivity contribution in [1.29, 1.82) is 0 Å². The van der Waals surface area contributed by atoms with Crippen molar-refractivity contribution in [2.24, 2.45) is 17.3 Å². The van der Waals surface area contributed by atoms with Crippen molar-refractivity contribution < 1.29 is 9.90 Å². The van der Waals surface area contributed by atoms with E-state index in [4.69, 9.17) is 0 Å². The molecule has 122 valence electrons. The molecule has 2 fully saturated rings. The highest BCUT2D eigenvalue weighted by molar-refractivity contribution is 5.71. The zero-order chi connectivity index (χ0) is 15.8. The highest BCUT2D eigenvalue weighted by Gasteiger charge is 2.43. The molecule has 4 unspecified atom stereocenters. The summed E-state index contributed by atoms with van der Waals surface area (Å²) in [6, 6.07) is 0.665. The number of piperazine rings is 1. The van der Waals surface area contributed by atoms with Crippen LogP contribution in [0.2, 0.25) is 0 Å². The number of nitrogens with zero attached hydrogens (tertiary/aromatic N) is 2. The van der Waals surface area contributed by atoms with Gasteiger partial charge in [-0.1, -0.05) is 20.8 Å². The van der Waals surface area contributed by atoms with Gasteiger partial charge in [0.15, 0.2) is 0 Å². The fourth-order valence-electron chi connectivity index (χ4n) is 4.23. The fraction of sp³-hybridized carbons (Fsp3) is 0.941. The van der Waals surface area contributed by atoms with Crippen LogP contribution in [0.3, 0.4) is 0 Å². The van der Waals surface area contributed by atoms with Gasteiger partial charge in [-0.15, -0.1) is 0 Å². The van der Waals surface area contributed by atoms with Gasteiger partial charge in [0.25, 0.3) is 0 Å². The van der Waals surface area contributed by atoms with E-state index < -0.39 is 5.97 Å². The van der Waals surface area contributed by atoms with Crippen molar-refractivity contribution in [3.8, 4) is 0 Å². The Kier molecular flexibility index (Phi) is 4.99. The molecule has 4 atom stereocenters. The first-order valence-electron chi connectivity index (χ1n) is 8.37. The summed E-state index contributed by atoms with van der Waals surface area (Å²) < 4.78 is 0. The molecular formula is C17H32N2O2. The lowest BCUT2D eigenvalue weighted by Crippen LogP contribution is -2.58. The molecule has 1 saturated carbocycles. The van der Waals surface area contributed by atoms with Crippen LogP contribution in [-0.4, -0.2) is 59.6 Å².